The third-order valence-electron chi connectivity index (χ3n) is 2.70. The van der Waals surface area contributed by atoms with Crippen molar-refractivity contribution in [2.75, 3.05) is 5.32 Å². The monoisotopic (exact) mass is 266 g/mol. The second-order valence-corrected chi connectivity index (χ2v) is 3.96. The summed E-state index contributed by atoms with van der Waals surface area (Å²) in [5, 5.41) is 20.5. The van der Waals surface area contributed by atoms with Crippen molar-refractivity contribution < 1.29 is 14.7 Å². The number of aromatic carboxylic acids is 1. The summed E-state index contributed by atoms with van der Waals surface area (Å²) < 4.78 is 0. The van der Waals surface area contributed by atoms with E-state index < -0.39 is 11.9 Å². The van der Waals surface area contributed by atoms with Crippen LogP contribution in [-0.2, 0) is 0 Å². The summed E-state index contributed by atoms with van der Waals surface area (Å²) in [6.07, 6.45) is 0. The Hall–Kier alpha value is -3.13. The van der Waals surface area contributed by atoms with Crippen molar-refractivity contribution in [3.63, 3.8) is 0 Å². The molecule has 2 N–H and O–H groups in total. The number of carbonyl (C=O) groups excluding carboxylic acids is 1. The SMILES string of the molecule is N#Cc1ccccc1C(=O)Nc1ccccc1C(=O)O. The second-order valence-electron chi connectivity index (χ2n) is 3.96. The summed E-state index contributed by atoms with van der Waals surface area (Å²) in [6.45, 7) is 0. The van der Waals surface area contributed by atoms with Crippen molar-refractivity contribution in [2.24, 2.45) is 0 Å². The number of rotatable bonds is 3. The van der Waals surface area contributed by atoms with Crippen molar-refractivity contribution in [3.05, 3.63) is 65.2 Å². The van der Waals surface area contributed by atoms with Crippen molar-refractivity contribution in [3.8, 4) is 6.07 Å². The van der Waals surface area contributed by atoms with Gasteiger partial charge in [-0.15, -0.1) is 0 Å². The highest BCUT2D eigenvalue weighted by atomic mass is 16.4. The average molecular weight is 266 g/mol. The normalized spacial score (nSPS) is 9.55. The highest BCUT2D eigenvalue weighted by Crippen LogP contribution is 2.17. The maximum Gasteiger partial charge on any atom is 0.337 e. The van der Waals surface area contributed by atoms with E-state index >= 15 is 0 Å². The van der Waals surface area contributed by atoms with Crippen molar-refractivity contribution in [1.82, 2.24) is 0 Å². The molecule has 0 heterocycles. The quantitative estimate of drug-likeness (QED) is 0.893. The lowest BCUT2D eigenvalue weighted by molar-refractivity contribution is 0.0698. The fraction of sp³-hybridized carbons (Fsp3) is 0. The number of amides is 1. The van der Waals surface area contributed by atoms with Gasteiger partial charge in [-0.1, -0.05) is 24.3 Å². The first kappa shape index (κ1) is 13.3. The van der Waals surface area contributed by atoms with Gasteiger partial charge in [-0.3, -0.25) is 4.79 Å². The fourth-order valence-corrected chi connectivity index (χ4v) is 1.75. The van der Waals surface area contributed by atoms with Gasteiger partial charge in [0.05, 0.1) is 28.4 Å². The lowest BCUT2D eigenvalue weighted by atomic mass is 10.1. The Morgan fingerprint density at radius 3 is 2.25 bits per heavy atom. The van der Waals surface area contributed by atoms with Crippen LogP contribution in [0.15, 0.2) is 48.5 Å². The Bertz CT molecular complexity index is 717. The van der Waals surface area contributed by atoms with Crippen LogP contribution in [0.25, 0.3) is 0 Å². The van der Waals surface area contributed by atoms with Gasteiger partial charge in [0.15, 0.2) is 0 Å². The van der Waals surface area contributed by atoms with Crippen molar-refractivity contribution in [2.45, 2.75) is 0 Å². The van der Waals surface area contributed by atoms with Gasteiger partial charge >= 0.3 is 5.97 Å². The molecular formula is C15H10N2O3. The predicted molar refractivity (Wildman–Crippen MR) is 72.5 cm³/mol. The second kappa shape index (κ2) is 5.67. The molecule has 5 nitrogen and oxygen atoms in total. The van der Waals surface area contributed by atoms with E-state index in [-0.39, 0.29) is 22.4 Å². The van der Waals surface area contributed by atoms with E-state index in [2.05, 4.69) is 5.32 Å². The smallest absolute Gasteiger partial charge is 0.337 e. The molecule has 0 saturated carbocycles. The Morgan fingerprint density at radius 1 is 1.00 bits per heavy atom. The third-order valence-corrected chi connectivity index (χ3v) is 2.70. The molecule has 2 aromatic rings. The molecule has 0 bridgehead atoms. The molecule has 0 saturated heterocycles. The number of carboxylic acid groups (broad SMARTS) is 1. The number of anilines is 1. The average Bonchev–Trinajstić information content (AvgIpc) is 2.47. The molecule has 2 aromatic carbocycles. The Balaban J connectivity index is 2.34. The summed E-state index contributed by atoms with van der Waals surface area (Å²) >= 11 is 0. The Kier molecular flexibility index (Phi) is 3.77. The Morgan fingerprint density at radius 2 is 1.60 bits per heavy atom. The molecule has 0 spiro atoms. The van der Waals surface area contributed by atoms with Gasteiger partial charge in [-0.25, -0.2) is 4.79 Å². The zero-order valence-electron chi connectivity index (χ0n) is 10.3. The predicted octanol–water partition coefficient (Wildman–Crippen LogP) is 2.51. The van der Waals surface area contributed by atoms with Crippen LogP contribution in [0, 0.1) is 11.3 Å². The number of hydrogen-bond acceptors (Lipinski definition) is 3. The molecule has 20 heavy (non-hydrogen) atoms. The fourth-order valence-electron chi connectivity index (χ4n) is 1.75. The first-order valence-corrected chi connectivity index (χ1v) is 5.76. The topological polar surface area (TPSA) is 90.2 Å². The number of benzene rings is 2. The van der Waals surface area contributed by atoms with Gasteiger partial charge in [-0.05, 0) is 24.3 Å². The lowest BCUT2D eigenvalue weighted by Crippen LogP contribution is -2.15. The van der Waals surface area contributed by atoms with Gasteiger partial charge in [0.25, 0.3) is 5.91 Å². The molecule has 0 unspecified atom stereocenters. The van der Waals surface area contributed by atoms with Gasteiger partial charge in [0.2, 0.25) is 0 Å². The van der Waals surface area contributed by atoms with E-state index in [9.17, 15) is 9.59 Å². The molecular weight excluding hydrogens is 256 g/mol. The molecule has 0 atom stereocenters. The molecule has 98 valence electrons. The number of para-hydroxylation sites is 1. The standard InChI is InChI=1S/C15H10N2O3/c16-9-10-5-1-2-6-11(10)14(18)17-13-8-4-3-7-12(13)15(19)20/h1-8H,(H,17,18)(H,19,20). The molecule has 0 aliphatic carbocycles. The molecule has 0 aliphatic rings. The molecule has 0 aliphatic heterocycles. The zero-order valence-corrected chi connectivity index (χ0v) is 10.3. The van der Waals surface area contributed by atoms with E-state index in [1.54, 1.807) is 24.3 Å². The minimum atomic E-state index is -1.13. The van der Waals surface area contributed by atoms with Crippen LogP contribution in [0.5, 0.6) is 0 Å². The molecule has 1 amide bonds. The van der Waals surface area contributed by atoms with Crippen molar-refractivity contribution >= 4 is 17.6 Å². The molecule has 0 radical (unpaired) electrons. The highest BCUT2D eigenvalue weighted by molar-refractivity contribution is 6.08. The molecule has 0 aromatic heterocycles. The largest absolute Gasteiger partial charge is 0.478 e. The number of carboxylic acids is 1. The van der Waals surface area contributed by atoms with Crippen LogP contribution in [0.2, 0.25) is 0 Å². The highest BCUT2D eigenvalue weighted by Gasteiger charge is 2.15. The molecule has 0 fully saturated rings. The summed E-state index contributed by atoms with van der Waals surface area (Å²) in [4.78, 5) is 23.2. The number of carbonyl (C=O) groups is 2. The van der Waals surface area contributed by atoms with E-state index in [1.165, 1.54) is 24.3 Å². The van der Waals surface area contributed by atoms with Crippen LogP contribution in [0.4, 0.5) is 5.69 Å². The number of nitrogens with one attached hydrogen (secondary N) is 1. The van der Waals surface area contributed by atoms with Crippen LogP contribution >= 0.6 is 0 Å². The van der Waals surface area contributed by atoms with Crippen LogP contribution in [0.1, 0.15) is 26.3 Å². The van der Waals surface area contributed by atoms with Gasteiger partial charge in [-0.2, -0.15) is 5.26 Å². The summed E-state index contributed by atoms with van der Waals surface area (Å²) in [6, 6.07) is 14.3. The van der Waals surface area contributed by atoms with E-state index in [0.29, 0.717) is 0 Å². The van der Waals surface area contributed by atoms with E-state index in [4.69, 9.17) is 10.4 Å². The first-order chi connectivity index (χ1) is 9.63. The minimum absolute atomic E-state index is 0.00436. The number of nitrogens with zero attached hydrogens (tertiary/aromatic N) is 1. The lowest BCUT2D eigenvalue weighted by Gasteiger charge is -2.09. The number of nitriles is 1. The van der Waals surface area contributed by atoms with Gasteiger partial charge in [0.1, 0.15) is 0 Å². The van der Waals surface area contributed by atoms with E-state index in [1.807, 2.05) is 6.07 Å². The van der Waals surface area contributed by atoms with Gasteiger partial charge < -0.3 is 10.4 Å². The van der Waals surface area contributed by atoms with Gasteiger partial charge in [0, 0.05) is 0 Å². The van der Waals surface area contributed by atoms with E-state index in [0.717, 1.165) is 0 Å². The molecule has 2 rings (SSSR count). The first-order valence-electron chi connectivity index (χ1n) is 5.76. The summed E-state index contributed by atoms with van der Waals surface area (Å²) in [5.41, 5.74) is 0.626. The Labute approximate surface area is 115 Å². The summed E-state index contributed by atoms with van der Waals surface area (Å²) in [7, 11) is 0. The maximum absolute atomic E-state index is 12.1. The third kappa shape index (κ3) is 2.65. The van der Waals surface area contributed by atoms with Crippen LogP contribution < -0.4 is 5.32 Å². The number of hydrogen-bond donors (Lipinski definition) is 2. The minimum Gasteiger partial charge on any atom is -0.478 e. The van der Waals surface area contributed by atoms with Crippen molar-refractivity contribution in [1.29, 1.82) is 5.26 Å². The maximum atomic E-state index is 12.1. The van der Waals surface area contributed by atoms with Crippen LogP contribution in [0.3, 0.4) is 0 Å². The molecule has 5 heteroatoms. The summed E-state index contributed by atoms with van der Waals surface area (Å²) in [5.74, 6) is -1.65. The van der Waals surface area contributed by atoms with Crippen LogP contribution in [-0.4, -0.2) is 17.0 Å². The zero-order chi connectivity index (χ0) is 14.5.